The van der Waals surface area contributed by atoms with E-state index in [1.54, 1.807) is 11.2 Å². The number of anilines is 1. The van der Waals surface area contributed by atoms with E-state index in [9.17, 15) is 4.79 Å². The number of hydrazone groups is 1. The normalized spacial score (nSPS) is 15.9. The van der Waals surface area contributed by atoms with Gasteiger partial charge in [-0.1, -0.05) is 30.3 Å². The van der Waals surface area contributed by atoms with Crippen molar-refractivity contribution in [1.29, 1.82) is 0 Å². The van der Waals surface area contributed by atoms with Crippen LogP contribution >= 0.6 is 0 Å². The Labute approximate surface area is 162 Å². The van der Waals surface area contributed by atoms with Crippen LogP contribution in [0, 0.1) is 6.92 Å². The summed E-state index contributed by atoms with van der Waals surface area (Å²) in [4.78, 5) is 15.4. The summed E-state index contributed by atoms with van der Waals surface area (Å²) in [5.41, 5.74) is 4.11. The molecule has 3 heterocycles. The Morgan fingerprint density at radius 2 is 2.04 bits per heavy atom. The highest BCUT2D eigenvalue weighted by atomic mass is 16.1. The molecule has 0 bridgehead atoms. The standard InChI is InChI=1S/C20H21N7O/c1-14-10-17(26(2)24-14)16-8-9-21-18(12-16)27-19(23-20(25-27)22-13-28)11-15-6-4-3-5-7-15/h3-10,12-13,19H,11H2,1-2H3,(H2,22,23,25,28). The van der Waals surface area contributed by atoms with Crippen molar-refractivity contribution in [2.24, 2.45) is 12.1 Å². The summed E-state index contributed by atoms with van der Waals surface area (Å²) in [5, 5.41) is 16.5. The van der Waals surface area contributed by atoms with Crippen molar-refractivity contribution in [3.8, 4) is 11.3 Å². The second-order valence-electron chi connectivity index (χ2n) is 6.60. The van der Waals surface area contributed by atoms with Crippen molar-refractivity contribution in [2.45, 2.75) is 19.5 Å². The molecule has 8 nitrogen and oxygen atoms in total. The molecule has 28 heavy (non-hydrogen) atoms. The lowest BCUT2D eigenvalue weighted by atomic mass is 10.1. The van der Waals surface area contributed by atoms with Crippen molar-refractivity contribution < 1.29 is 4.79 Å². The lowest BCUT2D eigenvalue weighted by Crippen LogP contribution is -2.43. The highest BCUT2D eigenvalue weighted by Crippen LogP contribution is 2.26. The number of rotatable bonds is 5. The van der Waals surface area contributed by atoms with Gasteiger partial charge in [-0.25, -0.2) is 9.99 Å². The summed E-state index contributed by atoms with van der Waals surface area (Å²) >= 11 is 0. The molecular weight excluding hydrogens is 354 g/mol. The minimum atomic E-state index is -0.166. The Kier molecular flexibility index (Phi) is 4.76. The van der Waals surface area contributed by atoms with Gasteiger partial charge in [0.05, 0.1) is 11.4 Å². The van der Waals surface area contributed by atoms with E-state index in [4.69, 9.17) is 0 Å². The van der Waals surface area contributed by atoms with E-state index in [0.29, 0.717) is 24.6 Å². The fourth-order valence-corrected chi connectivity index (χ4v) is 3.32. The van der Waals surface area contributed by atoms with Gasteiger partial charge in [0, 0.05) is 25.2 Å². The molecule has 1 aliphatic rings. The second kappa shape index (κ2) is 7.51. The Bertz CT molecular complexity index is 1010. The molecular formula is C20H21N7O. The maximum atomic E-state index is 10.9. The smallest absolute Gasteiger partial charge is 0.222 e. The van der Waals surface area contributed by atoms with E-state index in [1.807, 2.05) is 55.1 Å². The zero-order valence-corrected chi connectivity index (χ0v) is 15.7. The average Bonchev–Trinajstić information content (AvgIpc) is 3.25. The Balaban J connectivity index is 1.67. The summed E-state index contributed by atoms with van der Waals surface area (Å²) in [7, 11) is 1.92. The minimum absolute atomic E-state index is 0.166. The van der Waals surface area contributed by atoms with Crippen molar-refractivity contribution >= 4 is 18.2 Å². The van der Waals surface area contributed by atoms with Crippen molar-refractivity contribution in [1.82, 2.24) is 25.4 Å². The Morgan fingerprint density at radius 3 is 2.75 bits per heavy atom. The molecule has 2 N–H and O–H groups in total. The van der Waals surface area contributed by atoms with E-state index in [2.05, 4.69) is 38.0 Å². The number of hydrogen-bond acceptors (Lipinski definition) is 6. The fourth-order valence-electron chi connectivity index (χ4n) is 3.32. The zero-order chi connectivity index (χ0) is 19.5. The molecule has 1 aromatic carbocycles. The largest absolute Gasteiger partial charge is 0.332 e. The van der Waals surface area contributed by atoms with Gasteiger partial charge in [0.1, 0.15) is 6.17 Å². The molecule has 1 amide bonds. The minimum Gasteiger partial charge on any atom is -0.332 e. The monoisotopic (exact) mass is 375 g/mol. The van der Waals surface area contributed by atoms with Crippen LogP contribution in [-0.2, 0) is 18.3 Å². The van der Waals surface area contributed by atoms with Gasteiger partial charge in [-0.3, -0.25) is 14.8 Å². The number of carbonyl (C=O) groups excluding carboxylic acids is 1. The first-order valence-electron chi connectivity index (χ1n) is 8.99. The third-order valence-corrected chi connectivity index (χ3v) is 4.55. The molecule has 4 rings (SSSR count). The number of guanidine groups is 1. The van der Waals surface area contributed by atoms with E-state index in [0.717, 1.165) is 22.5 Å². The first-order valence-corrected chi connectivity index (χ1v) is 8.99. The molecule has 1 aliphatic heterocycles. The predicted octanol–water partition coefficient (Wildman–Crippen LogP) is 1.79. The van der Waals surface area contributed by atoms with Gasteiger partial charge >= 0.3 is 0 Å². The number of pyridine rings is 1. The molecule has 0 saturated heterocycles. The van der Waals surface area contributed by atoms with Crippen LogP contribution in [0.5, 0.6) is 0 Å². The van der Waals surface area contributed by atoms with E-state index in [1.165, 1.54) is 0 Å². The van der Waals surface area contributed by atoms with Gasteiger partial charge in [0.2, 0.25) is 12.4 Å². The molecule has 2 aromatic heterocycles. The lowest BCUT2D eigenvalue weighted by Gasteiger charge is -2.22. The molecule has 8 heteroatoms. The van der Waals surface area contributed by atoms with Gasteiger partial charge in [0.15, 0.2) is 5.82 Å². The van der Waals surface area contributed by atoms with Crippen molar-refractivity contribution in [3.05, 3.63) is 66.0 Å². The van der Waals surface area contributed by atoms with Crippen LogP contribution < -0.4 is 15.6 Å². The molecule has 0 radical (unpaired) electrons. The molecule has 0 saturated carbocycles. The van der Waals surface area contributed by atoms with E-state index in [-0.39, 0.29) is 6.17 Å². The third-order valence-electron chi connectivity index (χ3n) is 4.55. The van der Waals surface area contributed by atoms with Gasteiger partial charge < -0.3 is 5.32 Å². The lowest BCUT2D eigenvalue weighted by molar-refractivity contribution is -0.108. The first kappa shape index (κ1) is 17.7. The van der Waals surface area contributed by atoms with Crippen LogP contribution in [0.25, 0.3) is 11.3 Å². The second-order valence-corrected chi connectivity index (χ2v) is 6.60. The summed E-state index contributed by atoms with van der Waals surface area (Å²) < 4.78 is 1.85. The molecule has 1 unspecified atom stereocenters. The predicted molar refractivity (Wildman–Crippen MR) is 107 cm³/mol. The van der Waals surface area contributed by atoms with Crippen LogP contribution in [0.2, 0.25) is 0 Å². The number of aryl methyl sites for hydroxylation is 2. The highest BCUT2D eigenvalue weighted by molar-refractivity contribution is 5.91. The summed E-state index contributed by atoms with van der Waals surface area (Å²) in [6.45, 7) is 1.97. The Hall–Kier alpha value is -3.68. The van der Waals surface area contributed by atoms with Gasteiger partial charge in [-0.15, -0.1) is 5.10 Å². The number of benzene rings is 1. The van der Waals surface area contributed by atoms with Crippen molar-refractivity contribution in [2.75, 3.05) is 5.01 Å². The third kappa shape index (κ3) is 3.57. The van der Waals surface area contributed by atoms with Crippen LogP contribution in [0.15, 0.2) is 59.8 Å². The average molecular weight is 375 g/mol. The number of hydrogen-bond donors (Lipinski definition) is 2. The van der Waals surface area contributed by atoms with Crippen LogP contribution in [0.3, 0.4) is 0 Å². The molecule has 3 aromatic rings. The first-order chi connectivity index (χ1) is 13.6. The van der Waals surface area contributed by atoms with E-state index < -0.39 is 0 Å². The molecule has 142 valence electrons. The fraction of sp³-hybridized carbons (Fsp3) is 0.200. The van der Waals surface area contributed by atoms with Crippen LogP contribution in [-0.4, -0.2) is 33.3 Å². The molecule has 0 aliphatic carbocycles. The van der Waals surface area contributed by atoms with Gasteiger partial charge in [0.25, 0.3) is 0 Å². The van der Waals surface area contributed by atoms with Crippen LogP contribution in [0.4, 0.5) is 5.82 Å². The molecule has 0 fully saturated rings. The summed E-state index contributed by atoms with van der Waals surface area (Å²) in [5.74, 6) is 1.09. The molecule has 1 atom stereocenters. The van der Waals surface area contributed by atoms with Gasteiger partial charge in [-0.2, -0.15) is 5.10 Å². The zero-order valence-electron chi connectivity index (χ0n) is 15.7. The van der Waals surface area contributed by atoms with Gasteiger partial charge in [-0.05, 0) is 30.7 Å². The highest BCUT2D eigenvalue weighted by Gasteiger charge is 2.28. The maximum Gasteiger partial charge on any atom is 0.222 e. The number of nitrogens with zero attached hydrogens (tertiary/aromatic N) is 5. The number of aromatic nitrogens is 3. The topological polar surface area (TPSA) is 87.4 Å². The summed E-state index contributed by atoms with van der Waals surface area (Å²) in [6.07, 6.45) is 2.90. The maximum absolute atomic E-state index is 10.9. The Morgan fingerprint density at radius 1 is 1.21 bits per heavy atom. The number of carbonyl (C=O) groups is 1. The molecule has 0 spiro atoms. The summed E-state index contributed by atoms with van der Waals surface area (Å²) in [6, 6.07) is 16.1. The van der Waals surface area contributed by atoms with Crippen LogP contribution in [0.1, 0.15) is 11.3 Å². The van der Waals surface area contributed by atoms with E-state index >= 15 is 0 Å². The quantitative estimate of drug-likeness (QED) is 0.664. The SMILES string of the molecule is Cc1cc(-c2ccnc(N3N=C(NC=O)NC3Cc3ccccc3)c2)n(C)n1. The number of amides is 1. The van der Waals surface area contributed by atoms with Crippen molar-refractivity contribution in [3.63, 3.8) is 0 Å². The number of nitrogens with one attached hydrogen (secondary N) is 2.